The summed E-state index contributed by atoms with van der Waals surface area (Å²) in [5.41, 5.74) is 1.94. The van der Waals surface area contributed by atoms with Crippen LogP contribution < -0.4 is 9.47 Å². The van der Waals surface area contributed by atoms with Crippen LogP contribution in [0.1, 0.15) is 30.3 Å². The lowest BCUT2D eigenvalue weighted by Gasteiger charge is -2.21. The van der Waals surface area contributed by atoms with Crippen molar-refractivity contribution < 1.29 is 18.7 Å². The Morgan fingerprint density at radius 2 is 2.00 bits per heavy atom. The monoisotopic (exact) mass is 410 g/mol. The summed E-state index contributed by atoms with van der Waals surface area (Å²) in [6.45, 7) is 2.71. The second-order valence-electron chi connectivity index (χ2n) is 7.13. The Bertz CT molecular complexity index is 944. The molecule has 0 bridgehead atoms. The fourth-order valence-corrected chi connectivity index (χ4v) is 3.64. The van der Waals surface area contributed by atoms with Crippen LogP contribution in [-0.2, 0) is 11.3 Å². The van der Waals surface area contributed by atoms with Gasteiger partial charge in [0, 0.05) is 19.9 Å². The van der Waals surface area contributed by atoms with E-state index >= 15 is 0 Å². The molecule has 8 heteroatoms. The Hall–Kier alpha value is -2.97. The minimum absolute atomic E-state index is 0.0999. The van der Waals surface area contributed by atoms with Crippen molar-refractivity contribution in [1.82, 2.24) is 20.0 Å². The van der Waals surface area contributed by atoms with Crippen LogP contribution in [0.15, 0.2) is 47.1 Å². The topological polar surface area (TPSA) is 82.7 Å². The zero-order chi connectivity index (χ0) is 20.8. The molecule has 1 atom stereocenters. The molecule has 1 aliphatic rings. The van der Waals surface area contributed by atoms with E-state index in [0.717, 1.165) is 31.7 Å². The van der Waals surface area contributed by atoms with Gasteiger partial charge < -0.3 is 18.7 Å². The third-order valence-corrected chi connectivity index (χ3v) is 5.17. The largest absolute Gasteiger partial charge is 0.497 e. The molecule has 0 aliphatic carbocycles. The van der Waals surface area contributed by atoms with E-state index in [1.54, 1.807) is 20.4 Å². The first kappa shape index (κ1) is 20.3. The van der Waals surface area contributed by atoms with Crippen LogP contribution in [0.5, 0.6) is 11.6 Å². The molecule has 30 heavy (non-hydrogen) atoms. The van der Waals surface area contributed by atoms with Crippen LogP contribution in [0.2, 0.25) is 0 Å². The molecule has 1 fully saturated rings. The standard InChI is InChI=1S/C22H26N4O4/c1-27-13-14-29-21-18(5-3-11-23-21)20-24-22(30-25-20)19-6-4-12-26(19)15-16-7-9-17(28-2)10-8-16/h3,5,7-11,19H,4,6,12-15H2,1-2H3. The zero-order valence-electron chi connectivity index (χ0n) is 17.3. The third-order valence-electron chi connectivity index (χ3n) is 5.17. The van der Waals surface area contributed by atoms with Gasteiger partial charge >= 0.3 is 0 Å². The second-order valence-corrected chi connectivity index (χ2v) is 7.13. The molecule has 3 heterocycles. The third kappa shape index (κ3) is 4.60. The number of hydrogen-bond acceptors (Lipinski definition) is 8. The average molecular weight is 410 g/mol. The van der Waals surface area contributed by atoms with Crippen LogP contribution in [0.4, 0.5) is 0 Å². The zero-order valence-corrected chi connectivity index (χ0v) is 17.3. The van der Waals surface area contributed by atoms with Gasteiger partial charge in [-0.05, 0) is 49.2 Å². The van der Waals surface area contributed by atoms with Crippen molar-refractivity contribution in [2.24, 2.45) is 0 Å². The fourth-order valence-electron chi connectivity index (χ4n) is 3.64. The van der Waals surface area contributed by atoms with Gasteiger partial charge in [-0.15, -0.1) is 0 Å². The highest BCUT2D eigenvalue weighted by Crippen LogP contribution is 2.34. The van der Waals surface area contributed by atoms with Crippen molar-refractivity contribution in [1.29, 1.82) is 0 Å². The highest BCUT2D eigenvalue weighted by atomic mass is 16.5. The summed E-state index contributed by atoms with van der Waals surface area (Å²) >= 11 is 0. The number of benzene rings is 1. The molecule has 2 aromatic heterocycles. The second kappa shape index (κ2) is 9.69. The molecule has 0 radical (unpaired) electrons. The van der Waals surface area contributed by atoms with E-state index < -0.39 is 0 Å². The summed E-state index contributed by atoms with van der Waals surface area (Å²) in [7, 11) is 3.31. The normalized spacial score (nSPS) is 16.7. The smallest absolute Gasteiger partial charge is 0.244 e. The molecule has 1 unspecified atom stereocenters. The van der Waals surface area contributed by atoms with Crippen LogP contribution >= 0.6 is 0 Å². The van der Waals surface area contributed by atoms with Gasteiger partial charge in [0.05, 0.1) is 25.3 Å². The Kier molecular flexibility index (Phi) is 6.56. The van der Waals surface area contributed by atoms with E-state index in [0.29, 0.717) is 36.4 Å². The SMILES string of the molecule is COCCOc1ncccc1-c1noc(C2CCCN2Cc2ccc(OC)cc2)n1. The van der Waals surface area contributed by atoms with Gasteiger partial charge in [-0.1, -0.05) is 17.3 Å². The molecule has 1 aliphatic heterocycles. The highest BCUT2D eigenvalue weighted by molar-refractivity contribution is 5.60. The van der Waals surface area contributed by atoms with Crippen molar-refractivity contribution in [3.63, 3.8) is 0 Å². The molecular weight excluding hydrogens is 384 g/mol. The number of methoxy groups -OCH3 is 2. The van der Waals surface area contributed by atoms with E-state index in [4.69, 9.17) is 18.7 Å². The molecule has 0 amide bonds. The number of aromatic nitrogens is 3. The van der Waals surface area contributed by atoms with Gasteiger partial charge in [-0.25, -0.2) is 4.98 Å². The first-order valence-electron chi connectivity index (χ1n) is 10.1. The van der Waals surface area contributed by atoms with Gasteiger partial charge in [-0.2, -0.15) is 4.98 Å². The summed E-state index contributed by atoms with van der Waals surface area (Å²) in [6.07, 6.45) is 3.76. The fraction of sp³-hybridized carbons (Fsp3) is 0.409. The number of nitrogens with zero attached hydrogens (tertiary/aromatic N) is 4. The van der Waals surface area contributed by atoms with Crippen LogP contribution in [0, 0.1) is 0 Å². The van der Waals surface area contributed by atoms with E-state index in [1.807, 2.05) is 24.3 Å². The van der Waals surface area contributed by atoms with E-state index in [2.05, 4.69) is 32.2 Å². The van der Waals surface area contributed by atoms with Crippen molar-refractivity contribution in [3.05, 3.63) is 54.0 Å². The maximum Gasteiger partial charge on any atom is 0.244 e. The van der Waals surface area contributed by atoms with E-state index in [-0.39, 0.29) is 6.04 Å². The summed E-state index contributed by atoms with van der Waals surface area (Å²) in [5.74, 6) is 2.45. The molecule has 3 aromatic rings. The minimum atomic E-state index is 0.0999. The number of rotatable bonds is 9. The number of likely N-dealkylation sites (tertiary alicyclic amines) is 1. The molecule has 1 aromatic carbocycles. The van der Waals surface area contributed by atoms with Gasteiger partial charge in [0.1, 0.15) is 12.4 Å². The summed E-state index contributed by atoms with van der Waals surface area (Å²) < 4.78 is 21.6. The molecular formula is C22H26N4O4. The lowest BCUT2D eigenvalue weighted by atomic mass is 10.1. The summed E-state index contributed by atoms with van der Waals surface area (Å²) in [5, 5.41) is 4.20. The molecule has 4 rings (SSSR count). The van der Waals surface area contributed by atoms with Crippen molar-refractivity contribution >= 4 is 0 Å². The van der Waals surface area contributed by atoms with Crippen LogP contribution in [0.25, 0.3) is 11.4 Å². The average Bonchev–Trinajstić information content (AvgIpc) is 3.44. The molecule has 0 N–H and O–H groups in total. The lowest BCUT2D eigenvalue weighted by Crippen LogP contribution is -2.23. The van der Waals surface area contributed by atoms with Gasteiger partial charge in [0.15, 0.2) is 0 Å². The van der Waals surface area contributed by atoms with Crippen LogP contribution in [0.3, 0.4) is 0 Å². The predicted molar refractivity (Wildman–Crippen MR) is 110 cm³/mol. The number of pyridine rings is 1. The predicted octanol–water partition coefficient (Wildman–Crippen LogP) is 3.50. The minimum Gasteiger partial charge on any atom is -0.497 e. The van der Waals surface area contributed by atoms with Crippen molar-refractivity contribution in [2.45, 2.75) is 25.4 Å². The molecule has 1 saturated heterocycles. The maximum absolute atomic E-state index is 5.71. The Balaban J connectivity index is 1.49. The molecule has 8 nitrogen and oxygen atoms in total. The van der Waals surface area contributed by atoms with E-state index in [1.165, 1.54) is 5.56 Å². The van der Waals surface area contributed by atoms with Gasteiger partial charge in [0.2, 0.25) is 17.6 Å². The van der Waals surface area contributed by atoms with Gasteiger partial charge in [0.25, 0.3) is 0 Å². The van der Waals surface area contributed by atoms with Gasteiger partial charge in [-0.3, -0.25) is 4.90 Å². The quantitative estimate of drug-likeness (QED) is 0.496. The lowest BCUT2D eigenvalue weighted by molar-refractivity contribution is 0.144. The Labute approximate surface area is 175 Å². The Morgan fingerprint density at radius 1 is 1.13 bits per heavy atom. The highest BCUT2D eigenvalue weighted by Gasteiger charge is 2.31. The number of ether oxygens (including phenoxy) is 3. The summed E-state index contributed by atoms with van der Waals surface area (Å²) in [6, 6.07) is 12.0. The Morgan fingerprint density at radius 3 is 2.80 bits per heavy atom. The van der Waals surface area contributed by atoms with Crippen molar-refractivity contribution in [2.75, 3.05) is 34.0 Å². The molecule has 0 saturated carbocycles. The molecule has 158 valence electrons. The van der Waals surface area contributed by atoms with E-state index in [9.17, 15) is 0 Å². The summed E-state index contributed by atoms with van der Waals surface area (Å²) in [4.78, 5) is 11.4. The first-order chi connectivity index (χ1) is 14.8. The molecule has 0 spiro atoms. The number of hydrogen-bond donors (Lipinski definition) is 0. The van der Waals surface area contributed by atoms with Crippen molar-refractivity contribution in [3.8, 4) is 23.0 Å². The van der Waals surface area contributed by atoms with Crippen LogP contribution in [-0.4, -0.2) is 54.0 Å². The first-order valence-corrected chi connectivity index (χ1v) is 10.1. The maximum atomic E-state index is 5.71.